The Labute approximate surface area is 666 Å². The Morgan fingerprint density at radius 1 is 0.614 bits per heavy atom. The number of likely N-dealkylation sites (tertiary alicyclic amines) is 1. The van der Waals surface area contributed by atoms with Crippen LogP contribution in [0.25, 0.3) is 21.8 Å². The molecule has 6 heterocycles. The first-order chi connectivity index (χ1) is 54.5. The van der Waals surface area contributed by atoms with Gasteiger partial charge in [0.25, 0.3) is 0 Å². The highest BCUT2D eigenvalue weighted by Gasteiger charge is 2.43. The van der Waals surface area contributed by atoms with Crippen LogP contribution in [-0.2, 0) is 92.8 Å². The summed E-state index contributed by atoms with van der Waals surface area (Å²) >= 11 is 0. The van der Waals surface area contributed by atoms with Crippen LogP contribution in [0.3, 0.4) is 0 Å². The van der Waals surface area contributed by atoms with Gasteiger partial charge in [0.2, 0.25) is 76.8 Å². The van der Waals surface area contributed by atoms with Crippen molar-refractivity contribution in [3.05, 3.63) is 120 Å². The molecule has 0 aliphatic carbocycles. The van der Waals surface area contributed by atoms with Gasteiger partial charge in [0.05, 0.1) is 18.9 Å². The van der Waals surface area contributed by atoms with Crippen LogP contribution < -0.4 is 64.6 Å². The van der Waals surface area contributed by atoms with E-state index in [0.29, 0.717) is 42.5 Å². The summed E-state index contributed by atoms with van der Waals surface area (Å²) in [5.41, 5.74) is 16.1. The van der Waals surface area contributed by atoms with Gasteiger partial charge in [0.15, 0.2) is 0 Å². The standard InChI is InChI=1S/C78H104N18O16S2/c1-6-7-16-54(68(101)93-60(78(111)112)31-44-21-23-48(97)24-22-44)88-75(108)64-20-13-28-96(64)76(109)61-39-113-114-40-62(77(110)95-27-12-19-63(95)74(107)84-38-66(99)86-61)94-71(104)57(30-43(4)5)90-69(102)55(25-26-65(80)98)87-70(103)56(29-42(2)3)91-72(105)58(33-46-36-83-53-18-11-9-15-50(46)53)92-73(106)59(34-47-37-81-41-85-47)89-67(100)51(79)32-45-35-82-52-17-10-8-14-49(45)52/h8-11,14-15,17-18,21-24,35-37,41-43,51,54-64,82-83,97H,6-7,12-13,16,19-20,25-34,38-40,79H2,1-5H3,(H2,80,98)(H,81,85)(H,84,107)(H,86,99)(H,87,103)(H,88,108)(H,89,100)(H,90,102)(H,91,105)(H,92,106)(H,93,101)(H,94,104)(H,111,112)/t51-,54-,55-,56-,57-,58-,59-,60-,61-,62-,63-,64-/m0/s1. The second-order valence-electron chi connectivity index (χ2n) is 29.9. The molecular weight excluding hydrogens is 1510 g/mol. The molecule has 3 saturated heterocycles. The summed E-state index contributed by atoms with van der Waals surface area (Å²) in [5.74, 6) is -12.4. The lowest BCUT2D eigenvalue weighted by molar-refractivity contribution is -0.143. The lowest BCUT2D eigenvalue weighted by Crippen LogP contribution is -2.61. The van der Waals surface area contributed by atoms with Crippen LogP contribution in [-0.4, -0.2) is 226 Å². The number of carbonyl (C=O) groups excluding carboxylic acids is 13. The minimum absolute atomic E-state index is 0.0242. The Morgan fingerprint density at radius 2 is 1.17 bits per heavy atom. The third kappa shape index (κ3) is 24.5. The molecular formula is C78H104N18O16S2. The van der Waals surface area contributed by atoms with E-state index in [9.17, 15) is 72.5 Å². The fourth-order valence-corrected chi connectivity index (χ4v) is 16.5. The highest BCUT2D eigenvalue weighted by Crippen LogP contribution is 2.29. The van der Waals surface area contributed by atoms with Crippen molar-refractivity contribution in [1.29, 1.82) is 0 Å². The lowest BCUT2D eigenvalue weighted by Gasteiger charge is -2.31. The van der Waals surface area contributed by atoms with Gasteiger partial charge in [-0.25, -0.2) is 9.78 Å². The zero-order valence-corrected chi connectivity index (χ0v) is 66.0. The van der Waals surface area contributed by atoms with Crippen LogP contribution in [0.2, 0.25) is 0 Å². The number of aliphatic carboxylic acids is 1. The zero-order chi connectivity index (χ0) is 82.3. The topological polar surface area (TPSA) is 519 Å². The minimum atomic E-state index is -1.58. The molecule has 13 amide bonds. The highest BCUT2D eigenvalue weighted by atomic mass is 33.1. The number of H-pyrrole nitrogens is 3. The molecule has 0 radical (unpaired) electrons. The number of hydrogen-bond acceptors (Lipinski definition) is 19. The number of nitrogens with one attached hydrogen (secondary N) is 13. The number of phenols is 1. The Bertz CT molecular complexity index is 4400. The van der Waals surface area contributed by atoms with E-state index < -0.39 is 168 Å². The number of phenolic OH excluding ortho intramolecular Hbond substituents is 1. The number of hydrogen-bond donors (Lipinski definition) is 17. The van der Waals surface area contributed by atoms with Crippen molar-refractivity contribution in [3.63, 3.8) is 0 Å². The number of carboxylic acids is 1. The van der Waals surface area contributed by atoms with Crippen LogP contribution >= 0.6 is 21.6 Å². The van der Waals surface area contributed by atoms with Crippen LogP contribution in [0, 0.1) is 11.8 Å². The normalized spacial score (nSPS) is 19.0. The van der Waals surface area contributed by atoms with Crippen LogP contribution in [0.5, 0.6) is 5.75 Å². The van der Waals surface area contributed by atoms with Crippen molar-refractivity contribution >= 4 is 126 Å². The molecule has 614 valence electrons. The molecule has 3 aromatic carbocycles. The Hall–Kier alpha value is -11.0. The number of primary amides is 1. The van der Waals surface area contributed by atoms with Gasteiger partial charge in [0.1, 0.15) is 72.2 Å². The first kappa shape index (κ1) is 87.0. The number of carbonyl (C=O) groups is 14. The van der Waals surface area contributed by atoms with E-state index in [1.807, 2.05) is 49.4 Å². The molecule has 36 heteroatoms. The molecule has 12 atom stereocenters. The molecule has 3 aliphatic heterocycles. The number of carboxylic acid groups (broad SMARTS) is 1. The first-order valence-electron chi connectivity index (χ1n) is 38.5. The molecule has 19 N–H and O–H groups in total. The molecule has 34 nitrogen and oxygen atoms in total. The average Bonchev–Trinajstić information content (AvgIpc) is 1.69. The van der Waals surface area contributed by atoms with Gasteiger partial charge in [0, 0.05) is 96.4 Å². The van der Waals surface area contributed by atoms with Gasteiger partial charge in [-0.3, -0.25) is 62.3 Å². The SMILES string of the molecule is CCCC[C@H](NC(=O)[C@@H]1CCCN1C(=O)[C@@H]1CSSC[C@H](NC(=O)[C@H](CC(C)C)NC(=O)[C@H](CCC(N)=O)NC(=O)[C@H](CC(C)C)NC(=O)[C@H](Cc2c[nH]c3ccccc23)NC(=O)[C@H](Cc2cnc[nH]2)NC(=O)[C@@H](N)Cc2c[nH]c3ccccc23)C(=O)N2CCC[C@H]2C(=O)NCC(=O)N1)C(=O)N[C@@H](Cc1ccc(O)cc1)C(=O)O. The monoisotopic (exact) mass is 1610 g/mol. The number of nitrogens with zero attached hydrogens (tertiary/aromatic N) is 3. The average molecular weight is 1610 g/mol. The summed E-state index contributed by atoms with van der Waals surface area (Å²) < 4.78 is 0. The molecule has 6 aromatic rings. The highest BCUT2D eigenvalue weighted by molar-refractivity contribution is 8.76. The molecule has 3 fully saturated rings. The second-order valence-corrected chi connectivity index (χ2v) is 32.5. The maximum Gasteiger partial charge on any atom is 0.326 e. The Morgan fingerprint density at radius 3 is 1.78 bits per heavy atom. The van der Waals surface area contributed by atoms with E-state index in [2.05, 4.69) is 73.1 Å². The predicted octanol–water partition coefficient (Wildman–Crippen LogP) is 1.16. The smallest absolute Gasteiger partial charge is 0.326 e. The number of unbranched alkanes of at least 4 members (excludes halogenated alkanes) is 1. The van der Waals surface area contributed by atoms with Crippen LogP contribution in [0.1, 0.15) is 128 Å². The largest absolute Gasteiger partial charge is 0.508 e. The third-order valence-corrected chi connectivity index (χ3v) is 22.6. The van der Waals surface area contributed by atoms with Crippen LogP contribution in [0.4, 0.5) is 0 Å². The van der Waals surface area contributed by atoms with Crippen molar-refractivity contribution in [2.45, 2.75) is 203 Å². The summed E-state index contributed by atoms with van der Waals surface area (Å²) in [6.07, 6.45) is 7.50. The van der Waals surface area contributed by atoms with Gasteiger partial charge in [-0.05, 0) is 111 Å². The molecule has 3 aliphatic rings. The van der Waals surface area contributed by atoms with E-state index in [1.54, 1.807) is 46.2 Å². The van der Waals surface area contributed by atoms with Gasteiger partial charge in [-0.15, -0.1) is 0 Å². The molecule has 114 heavy (non-hydrogen) atoms. The van der Waals surface area contributed by atoms with E-state index >= 15 is 4.79 Å². The zero-order valence-electron chi connectivity index (χ0n) is 64.4. The number of aromatic nitrogens is 4. The summed E-state index contributed by atoms with van der Waals surface area (Å²) in [7, 11) is 2.11. The van der Waals surface area contributed by atoms with E-state index in [4.69, 9.17) is 11.5 Å². The minimum Gasteiger partial charge on any atom is -0.508 e. The van der Waals surface area contributed by atoms with Crippen molar-refractivity contribution in [2.75, 3.05) is 31.1 Å². The Kier molecular flexibility index (Phi) is 31.8. The van der Waals surface area contributed by atoms with Crippen molar-refractivity contribution in [2.24, 2.45) is 23.3 Å². The van der Waals surface area contributed by atoms with Crippen molar-refractivity contribution in [3.8, 4) is 5.75 Å². The van der Waals surface area contributed by atoms with Gasteiger partial charge in [-0.2, -0.15) is 0 Å². The second kappa shape index (κ2) is 41.7. The summed E-state index contributed by atoms with van der Waals surface area (Å²) in [5, 5.41) is 48.6. The number of para-hydroxylation sites is 2. The van der Waals surface area contributed by atoms with Gasteiger partial charge >= 0.3 is 5.97 Å². The fraction of sp³-hybridized carbons (Fsp3) is 0.500. The first-order valence-corrected chi connectivity index (χ1v) is 41.0. The van der Waals surface area contributed by atoms with E-state index in [1.165, 1.54) is 46.6 Å². The quantitative estimate of drug-likeness (QED) is 0.0245. The van der Waals surface area contributed by atoms with Gasteiger partial charge < -0.3 is 99.6 Å². The molecule has 9 rings (SSSR count). The number of aromatic hydroxyl groups is 1. The van der Waals surface area contributed by atoms with E-state index in [0.717, 1.165) is 49.0 Å². The molecule has 0 bridgehead atoms. The fourth-order valence-electron chi connectivity index (χ4n) is 14.2. The Balaban J connectivity index is 0.891. The number of rotatable bonds is 36. The number of nitrogens with two attached hydrogens (primary N) is 2. The van der Waals surface area contributed by atoms with Crippen molar-refractivity contribution < 1.29 is 77.3 Å². The number of fused-ring (bicyclic) bond motifs is 3. The lowest BCUT2D eigenvalue weighted by atomic mass is 9.99. The number of imidazole rings is 1. The third-order valence-electron chi connectivity index (χ3n) is 20.2. The van der Waals surface area contributed by atoms with Crippen LogP contribution in [0.15, 0.2) is 97.7 Å². The van der Waals surface area contributed by atoms with Crippen molar-refractivity contribution in [1.82, 2.24) is 82.9 Å². The molecule has 0 unspecified atom stereocenters. The maximum atomic E-state index is 15.1. The summed E-state index contributed by atoms with van der Waals surface area (Å²) in [6.45, 7) is 8.56. The molecule has 3 aromatic heterocycles. The number of benzene rings is 3. The van der Waals surface area contributed by atoms with Gasteiger partial charge in [-0.1, -0.05) is 118 Å². The van der Waals surface area contributed by atoms with E-state index in [-0.39, 0.29) is 106 Å². The number of amides is 13. The number of aromatic amines is 3. The summed E-state index contributed by atoms with van der Waals surface area (Å²) in [4.78, 5) is 215. The molecule has 0 spiro atoms. The summed E-state index contributed by atoms with van der Waals surface area (Å²) in [6, 6.07) is 4.79. The predicted molar refractivity (Wildman–Crippen MR) is 425 cm³/mol. The maximum absolute atomic E-state index is 15.1. The molecule has 0 saturated carbocycles.